The molecule has 0 rings (SSSR count). The molecule has 0 aliphatic carbocycles. The van der Waals surface area contributed by atoms with Crippen LogP contribution in [0.1, 0.15) is 239 Å². The lowest BCUT2D eigenvalue weighted by molar-refractivity contribution is -0.167. The van der Waals surface area contributed by atoms with Crippen LogP contribution in [0.5, 0.6) is 0 Å². The molecule has 1 unspecified atom stereocenters. The molecule has 0 aromatic rings. The molecule has 0 aliphatic rings. The maximum atomic E-state index is 12.8. The third-order valence-corrected chi connectivity index (χ3v) is 12.0. The minimum atomic E-state index is -0.802. The van der Waals surface area contributed by atoms with Gasteiger partial charge in [-0.2, -0.15) is 0 Å². The van der Waals surface area contributed by atoms with Gasteiger partial charge in [-0.15, -0.1) is 0 Å². The lowest BCUT2D eigenvalue weighted by Crippen LogP contribution is -2.30. The predicted octanol–water partition coefficient (Wildman–Crippen LogP) is 20.5. The fourth-order valence-electron chi connectivity index (χ4n) is 7.60. The lowest BCUT2D eigenvalue weighted by atomic mass is 10.1. The van der Waals surface area contributed by atoms with E-state index in [0.29, 0.717) is 12.8 Å². The molecule has 6 heteroatoms. The Kier molecular flexibility index (Phi) is 57.5. The Morgan fingerprint density at radius 2 is 0.520 bits per heavy atom. The number of unbranched alkanes of at least 4 members (excludes halogenated alkanes) is 15. The van der Waals surface area contributed by atoms with Gasteiger partial charge in [0.25, 0.3) is 0 Å². The summed E-state index contributed by atoms with van der Waals surface area (Å²) in [4.78, 5) is 37.8. The van der Waals surface area contributed by atoms with Crippen molar-refractivity contribution in [3.05, 3.63) is 158 Å². The highest BCUT2D eigenvalue weighted by Crippen LogP contribution is 2.13. The number of ether oxygens (including phenoxy) is 3. The van der Waals surface area contributed by atoms with Crippen molar-refractivity contribution < 1.29 is 28.6 Å². The standard InChI is InChI=1S/C69H108O6/c1-4-7-10-13-15-17-19-21-23-25-27-28-29-30-31-32-33-34-35-36-37-38-39-40-42-43-45-47-49-51-53-56-59-62-68(71)74-65-66(64-73-67(70)61-58-55-12-9-6-3)75-69(72)63-60-57-54-52-50-48-46-44-41-26-24-22-20-18-16-14-11-8-5-2/h7-8,10-11,15-18,21-24,27-28,30-31,33-34,36-37,39-41,44,48,50,66H,4-6,9,12-14,19-20,25-26,29,32,35,38,42-43,45-47,49,51-65H2,1-3H3/b10-7-,11-8-,17-15-,18-16-,23-21-,24-22-,28-27-,31-30-,34-33-,37-36-,40-39-,44-41-,50-48-. The molecule has 0 saturated carbocycles. The van der Waals surface area contributed by atoms with Gasteiger partial charge in [-0.1, -0.05) is 249 Å². The molecule has 0 aromatic carbocycles. The van der Waals surface area contributed by atoms with Crippen molar-refractivity contribution >= 4 is 17.9 Å². The van der Waals surface area contributed by atoms with Gasteiger partial charge in [0, 0.05) is 19.3 Å². The minimum Gasteiger partial charge on any atom is -0.462 e. The van der Waals surface area contributed by atoms with Crippen LogP contribution < -0.4 is 0 Å². The Morgan fingerprint density at radius 1 is 0.280 bits per heavy atom. The first-order valence-corrected chi connectivity index (χ1v) is 30.0. The summed E-state index contributed by atoms with van der Waals surface area (Å²) in [5.74, 6) is -0.964. The van der Waals surface area contributed by atoms with E-state index in [0.717, 1.165) is 167 Å². The molecule has 1 atom stereocenters. The highest BCUT2D eigenvalue weighted by Gasteiger charge is 2.19. The molecule has 0 saturated heterocycles. The van der Waals surface area contributed by atoms with Gasteiger partial charge in [-0.3, -0.25) is 14.4 Å². The first-order valence-electron chi connectivity index (χ1n) is 30.0. The third kappa shape index (κ3) is 59.8. The van der Waals surface area contributed by atoms with Gasteiger partial charge in [0.2, 0.25) is 0 Å². The smallest absolute Gasteiger partial charge is 0.306 e. The summed E-state index contributed by atoms with van der Waals surface area (Å²) in [5, 5.41) is 0. The molecule has 0 N–H and O–H groups in total. The van der Waals surface area contributed by atoms with E-state index in [4.69, 9.17) is 14.2 Å². The minimum absolute atomic E-state index is 0.100. The summed E-state index contributed by atoms with van der Waals surface area (Å²) in [7, 11) is 0. The van der Waals surface area contributed by atoms with E-state index >= 15 is 0 Å². The zero-order valence-electron chi connectivity index (χ0n) is 48.0. The Morgan fingerprint density at radius 3 is 0.827 bits per heavy atom. The number of esters is 3. The molecule has 0 bridgehead atoms. The van der Waals surface area contributed by atoms with Crippen LogP contribution in [-0.2, 0) is 28.6 Å². The van der Waals surface area contributed by atoms with E-state index in [1.807, 2.05) is 0 Å². The van der Waals surface area contributed by atoms with Crippen LogP contribution in [0.4, 0.5) is 0 Å². The fourth-order valence-corrected chi connectivity index (χ4v) is 7.60. The van der Waals surface area contributed by atoms with Gasteiger partial charge >= 0.3 is 17.9 Å². The Hall–Kier alpha value is -4.97. The molecule has 0 spiro atoms. The zero-order chi connectivity index (χ0) is 54.3. The maximum absolute atomic E-state index is 12.8. The molecule has 420 valence electrons. The van der Waals surface area contributed by atoms with Crippen LogP contribution in [0, 0.1) is 0 Å². The normalized spacial score (nSPS) is 13.3. The predicted molar refractivity (Wildman–Crippen MR) is 325 cm³/mol. The van der Waals surface area contributed by atoms with Gasteiger partial charge < -0.3 is 14.2 Å². The molecule has 6 nitrogen and oxygen atoms in total. The Bertz CT molecular complexity index is 1710. The molecule has 0 amide bonds. The average Bonchev–Trinajstić information content (AvgIpc) is 3.41. The van der Waals surface area contributed by atoms with Crippen molar-refractivity contribution in [1.82, 2.24) is 0 Å². The van der Waals surface area contributed by atoms with E-state index in [1.54, 1.807) is 0 Å². The zero-order valence-corrected chi connectivity index (χ0v) is 48.0. The van der Waals surface area contributed by atoms with E-state index in [9.17, 15) is 14.4 Å². The van der Waals surface area contributed by atoms with Gasteiger partial charge in [0.05, 0.1) is 0 Å². The van der Waals surface area contributed by atoms with Crippen molar-refractivity contribution in [1.29, 1.82) is 0 Å². The van der Waals surface area contributed by atoms with Gasteiger partial charge in [0.15, 0.2) is 6.10 Å². The quantitative estimate of drug-likeness (QED) is 0.0261. The number of carbonyl (C=O) groups is 3. The van der Waals surface area contributed by atoms with Crippen LogP contribution in [0.25, 0.3) is 0 Å². The number of carbonyl (C=O) groups excluding carboxylic acids is 3. The first-order chi connectivity index (χ1) is 37.0. The molecule has 0 heterocycles. The van der Waals surface area contributed by atoms with Crippen LogP contribution >= 0.6 is 0 Å². The molecular formula is C69H108O6. The topological polar surface area (TPSA) is 78.9 Å². The van der Waals surface area contributed by atoms with Gasteiger partial charge in [0.1, 0.15) is 13.2 Å². The van der Waals surface area contributed by atoms with Crippen LogP contribution in [0.3, 0.4) is 0 Å². The molecular weight excluding hydrogens is 925 g/mol. The van der Waals surface area contributed by atoms with E-state index in [-0.39, 0.29) is 37.5 Å². The van der Waals surface area contributed by atoms with Crippen molar-refractivity contribution in [3.8, 4) is 0 Å². The summed E-state index contributed by atoms with van der Waals surface area (Å²) < 4.78 is 16.7. The van der Waals surface area contributed by atoms with Crippen molar-refractivity contribution in [2.45, 2.75) is 245 Å². The largest absolute Gasteiger partial charge is 0.462 e. The van der Waals surface area contributed by atoms with Crippen LogP contribution in [0.2, 0.25) is 0 Å². The third-order valence-electron chi connectivity index (χ3n) is 12.0. The number of hydrogen-bond acceptors (Lipinski definition) is 6. The second kappa shape index (κ2) is 61.6. The Labute approximate surface area is 460 Å². The second-order valence-corrected chi connectivity index (χ2v) is 19.1. The second-order valence-electron chi connectivity index (χ2n) is 19.1. The average molecular weight is 1030 g/mol. The van der Waals surface area contributed by atoms with Crippen LogP contribution in [-0.4, -0.2) is 37.2 Å². The molecule has 0 fully saturated rings. The van der Waals surface area contributed by atoms with Crippen LogP contribution in [0.15, 0.2) is 158 Å². The summed E-state index contributed by atoms with van der Waals surface area (Å²) in [6.45, 7) is 6.27. The summed E-state index contributed by atoms with van der Waals surface area (Å²) in [6.07, 6.45) is 90.0. The van der Waals surface area contributed by atoms with E-state index < -0.39 is 6.10 Å². The molecule has 0 radical (unpaired) electrons. The Balaban J connectivity index is 4.15. The number of rotatable bonds is 52. The maximum Gasteiger partial charge on any atom is 0.306 e. The summed E-state index contributed by atoms with van der Waals surface area (Å²) in [6, 6.07) is 0. The SMILES string of the molecule is CC/C=C\C/C=C\C/C=C\C/C=C\C/C=C\C/C=C\C/C=C\C/C=C\CCCCCCCCCCC(=O)OCC(COC(=O)CCCCCCC)OC(=O)CCCCC/C=C\C/C=C\C/C=C\C/C=C\C/C=C\CC. The molecule has 75 heavy (non-hydrogen) atoms. The fraction of sp³-hybridized carbons (Fsp3) is 0.580. The van der Waals surface area contributed by atoms with Crippen molar-refractivity contribution in [3.63, 3.8) is 0 Å². The first kappa shape index (κ1) is 70.0. The lowest BCUT2D eigenvalue weighted by Gasteiger charge is -2.18. The van der Waals surface area contributed by atoms with Crippen molar-refractivity contribution in [2.24, 2.45) is 0 Å². The molecule has 0 aromatic heterocycles. The molecule has 0 aliphatic heterocycles. The van der Waals surface area contributed by atoms with Gasteiger partial charge in [-0.25, -0.2) is 0 Å². The van der Waals surface area contributed by atoms with E-state index in [2.05, 4.69) is 179 Å². The summed E-state index contributed by atoms with van der Waals surface area (Å²) >= 11 is 0. The number of hydrogen-bond donors (Lipinski definition) is 0. The van der Waals surface area contributed by atoms with Crippen molar-refractivity contribution in [2.75, 3.05) is 13.2 Å². The highest BCUT2D eigenvalue weighted by molar-refractivity contribution is 5.71. The summed E-state index contributed by atoms with van der Waals surface area (Å²) in [5.41, 5.74) is 0. The number of allylic oxidation sites excluding steroid dienone is 26. The van der Waals surface area contributed by atoms with E-state index in [1.165, 1.54) is 32.1 Å². The highest BCUT2D eigenvalue weighted by atomic mass is 16.6. The van der Waals surface area contributed by atoms with Gasteiger partial charge in [-0.05, 0) is 128 Å². The monoisotopic (exact) mass is 1030 g/mol.